The maximum absolute atomic E-state index is 10.2. The lowest BCUT2D eigenvalue weighted by Crippen LogP contribution is -2.21. The molecule has 72 valence electrons. The van der Waals surface area contributed by atoms with Crippen LogP contribution in [0.4, 0.5) is 0 Å². The topological polar surface area (TPSA) is 104 Å². The van der Waals surface area contributed by atoms with Crippen molar-refractivity contribution in [3.8, 4) is 0 Å². The van der Waals surface area contributed by atoms with Crippen LogP contribution in [-0.4, -0.2) is 25.1 Å². The van der Waals surface area contributed by atoms with Gasteiger partial charge in [0.05, 0.1) is 0 Å². The summed E-state index contributed by atoms with van der Waals surface area (Å²) in [5, 5.41) is 5.21. The molecule has 0 aliphatic rings. The Bertz CT molecular complexity index is 411. The lowest BCUT2D eigenvalue weighted by atomic mass is 10.7. The third kappa shape index (κ3) is 3.90. The second-order valence-corrected chi connectivity index (χ2v) is 2.09. The largest absolute Gasteiger partial charge is 0.342 e. The summed E-state index contributed by atoms with van der Waals surface area (Å²) in [7, 11) is 0. The van der Waals surface area contributed by atoms with Crippen molar-refractivity contribution >= 4 is 0 Å². The van der Waals surface area contributed by atoms with Gasteiger partial charge < -0.3 is 0 Å². The molecule has 2 aromatic heterocycles. The van der Waals surface area contributed by atoms with Crippen LogP contribution in [0, 0.1) is 0 Å². The van der Waals surface area contributed by atoms with Crippen LogP contribution in [0.5, 0.6) is 0 Å². The van der Waals surface area contributed by atoms with Crippen molar-refractivity contribution in [3.05, 3.63) is 51.8 Å². The van der Waals surface area contributed by atoms with Crippen LogP contribution in [0.1, 0.15) is 0 Å². The number of H-pyrrole nitrogens is 2. The molecule has 0 spiro atoms. The zero-order chi connectivity index (χ0) is 10.2. The van der Waals surface area contributed by atoms with E-state index in [2.05, 4.69) is 15.1 Å². The maximum Gasteiger partial charge on any atom is 0.342 e. The summed E-state index contributed by atoms with van der Waals surface area (Å²) in [6.45, 7) is 0. The Morgan fingerprint density at radius 2 is 1.86 bits per heavy atom. The molecule has 0 fully saturated rings. The highest BCUT2D eigenvalue weighted by atomic mass is 16.2. The summed E-state index contributed by atoms with van der Waals surface area (Å²) in [4.78, 5) is 29.6. The van der Waals surface area contributed by atoms with Crippen LogP contribution < -0.4 is 11.2 Å². The van der Waals surface area contributed by atoms with Crippen molar-refractivity contribution in [2.75, 3.05) is 0 Å². The number of hydrogen-bond donors (Lipinski definition) is 2. The Balaban J connectivity index is 0.000000146. The molecular formula is C7H7N5O2. The van der Waals surface area contributed by atoms with E-state index in [0.717, 1.165) is 6.20 Å². The van der Waals surface area contributed by atoms with E-state index in [1.165, 1.54) is 6.33 Å². The van der Waals surface area contributed by atoms with Gasteiger partial charge in [-0.3, -0.25) is 9.78 Å². The summed E-state index contributed by atoms with van der Waals surface area (Å²) >= 11 is 0. The summed E-state index contributed by atoms with van der Waals surface area (Å²) in [6.07, 6.45) is 5.86. The van der Waals surface area contributed by atoms with Gasteiger partial charge in [-0.2, -0.15) is 5.10 Å². The number of aromatic amines is 2. The summed E-state index contributed by atoms with van der Waals surface area (Å²) in [5.74, 6) is 0. The number of rotatable bonds is 0. The molecule has 0 atom stereocenters. The maximum atomic E-state index is 10.2. The normalized spacial score (nSPS) is 8.57. The SMILES string of the molecule is O=c1cn[nH]c(=O)[nH]1.c1cncnc1. The second-order valence-electron chi connectivity index (χ2n) is 2.09. The molecule has 14 heavy (non-hydrogen) atoms. The number of aromatic nitrogens is 5. The van der Waals surface area contributed by atoms with Gasteiger partial charge in [-0.15, -0.1) is 0 Å². The molecule has 0 unspecified atom stereocenters. The molecule has 2 rings (SSSR count). The highest BCUT2D eigenvalue weighted by Gasteiger charge is 1.79. The van der Waals surface area contributed by atoms with Gasteiger partial charge in [-0.25, -0.2) is 19.9 Å². The van der Waals surface area contributed by atoms with E-state index < -0.39 is 11.2 Å². The van der Waals surface area contributed by atoms with Crippen LogP contribution >= 0.6 is 0 Å². The van der Waals surface area contributed by atoms with E-state index in [1.807, 2.05) is 10.1 Å². The molecule has 0 aliphatic carbocycles. The van der Waals surface area contributed by atoms with Crippen molar-refractivity contribution in [1.82, 2.24) is 25.1 Å². The lowest BCUT2D eigenvalue weighted by molar-refractivity contribution is 0.890. The molecule has 0 saturated heterocycles. The number of nitrogens with zero attached hydrogens (tertiary/aromatic N) is 3. The fourth-order valence-corrected chi connectivity index (χ4v) is 0.575. The van der Waals surface area contributed by atoms with Crippen LogP contribution in [-0.2, 0) is 0 Å². The van der Waals surface area contributed by atoms with Gasteiger partial charge in [0.1, 0.15) is 12.5 Å². The van der Waals surface area contributed by atoms with Crippen LogP contribution in [0.25, 0.3) is 0 Å². The molecule has 7 heteroatoms. The van der Waals surface area contributed by atoms with Gasteiger partial charge in [0.25, 0.3) is 5.56 Å². The van der Waals surface area contributed by atoms with Crippen molar-refractivity contribution in [3.63, 3.8) is 0 Å². The molecule has 0 aromatic carbocycles. The first-order chi connectivity index (χ1) is 6.79. The van der Waals surface area contributed by atoms with Crippen LogP contribution in [0.15, 0.2) is 40.6 Å². The summed E-state index contributed by atoms with van der Waals surface area (Å²) < 4.78 is 0. The molecule has 2 aromatic rings. The lowest BCUT2D eigenvalue weighted by Gasteiger charge is -1.74. The predicted octanol–water partition coefficient (Wildman–Crippen LogP) is -1.07. The number of nitrogens with one attached hydrogen (secondary N) is 2. The van der Waals surface area contributed by atoms with Crippen LogP contribution in [0.2, 0.25) is 0 Å². The van der Waals surface area contributed by atoms with Crippen molar-refractivity contribution < 1.29 is 0 Å². The van der Waals surface area contributed by atoms with Gasteiger partial charge in [0.15, 0.2) is 0 Å². The Morgan fingerprint density at radius 3 is 2.14 bits per heavy atom. The highest BCUT2D eigenvalue weighted by Crippen LogP contribution is 1.66. The minimum absolute atomic E-state index is 0.492. The first-order valence-corrected chi connectivity index (χ1v) is 3.63. The zero-order valence-electron chi connectivity index (χ0n) is 7.04. The van der Waals surface area contributed by atoms with Crippen molar-refractivity contribution in [1.29, 1.82) is 0 Å². The van der Waals surface area contributed by atoms with E-state index in [1.54, 1.807) is 18.5 Å². The van der Waals surface area contributed by atoms with E-state index in [4.69, 9.17) is 0 Å². The molecule has 0 bridgehead atoms. The molecule has 0 aliphatic heterocycles. The molecule has 2 N–H and O–H groups in total. The van der Waals surface area contributed by atoms with Gasteiger partial charge in [-0.1, -0.05) is 0 Å². The van der Waals surface area contributed by atoms with E-state index in [0.29, 0.717) is 0 Å². The van der Waals surface area contributed by atoms with Gasteiger partial charge in [0, 0.05) is 12.4 Å². The average Bonchev–Trinajstić information content (AvgIpc) is 2.21. The van der Waals surface area contributed by atoms with Gasteiger partial charge in [-0.05, 0) is 6.07 Å². The quantitative estimate of drug-likeness (QED) is 0.554. The highest BCUT2D eigenvalue weighted by molar-refractivity contribution is 4.74. The smallest absolute Gasteiger partial charge is 0.272 e. The van der Waals surface area contributed by atoms with E-state index in [-0.39, 0.29) is 0 Å². The third-order valence-electron chi connectivity index (χ3n) is 1.06. The fourth-order valence-electron chi connectivity index (χ4n) is 0.575. The monoisotopic (exact) mass is 193 g/mol. The molecule has 0 saturated carbocycles. The molecule has 2 heterocycles. The first-order valence-electron chi connectivity index (χ1n) is 3.63. The molecule has 0 radical (unpaired) electrons. The minimum Gasteiger partial charge on any atom is -0.272 e. The fraction of sp³-hybridized carbons (Fsp3) is 0. The Labute approximate surface area is 77.9 Å². The van der Waals surface area contributed by atoms with Crippen molar-refractivity contribution in [2.45, 2.75) is 0 Å². The minimum atomic E-state index is -0.586. The second kappa shape index (κ2) is 5.36. The number of hydrogen-bond acceptors (Lipinski definition) is 5. The summed E-state index contributed by atoms with van der Waals surface area (Å²) in [6, 6.07) is 1.78. The Morgan fingerprint density at radius 1 is 1.14 bits per heavy atom. The van der Waals surface area contributed by atoms with Gasteiger partial charge >= 0.3 is 5.69 Å². The summed E-state index contributed by atoms with van der Waals surface area (Å²) in [5.41, 5.74) is -1.08. The third-order valence-corrected chi connectivity index (χ3v) is 1.06. The Kier molecular flexibility index (Phi) is 3.74. The molecular weight excluding hydrogens is 186 g/mol. The standard InChI is InChI=1S/C4H4N2.C3H3N3O2/c1-2-5-4-6-3-1;7-2-1-4-6-3(8)5-2/h1-4H;1H,(H2,5,6,7,8). The van der Waals surface area contributed by atoms with E-state index >= 15 is 0 Å². The predicted molar refractivity (Wildman–Crippen MR) is 47.5 cm³/mol. The van der Waals surface area contributed by atoms with Crippen molar-refractivity contribution in [2.24, 2.45) is 0 Å². The van der Waals surface area contributed by atoms with Gasteiger partial charge in [0.2, 0.25) is 0 Å². The van der Waals surface area contributed by atoms with Crippen LogP contribution in [0.3, 0.4) is 0 Å². The Hall–Kier alpha value is -2.31. The average molecular weight is 193 g/mol. The first kappa shape index (κ1) is 9.78. The zero-order valence-corrected chi connectivity index (χ0v) is 7.04. The molecule has 7 nitrogen and oxygen atoms in total. The van der Waals surface area contributed by atoms with E-state index in [9.17, 15) is 9.59 Å². The molecule has 0 amide bonds.